The molecule has 3 rings (SSSR count). The van der Waals surface area contributed by atoms with Gasteiger partial charge in [0.2, 0.25) is 10.0 Å². The zero-order valence-electron chi connectivity index (χ0n) is 12.7. The van der Waals surface area contributed by atoms with Gasteiger partial charge in [-0.25, -0.2) is 26.5 Å². The SMILES string of the molecule is O=S(=O)(Nc1nccs1)c1ccc(S(=O)(=O)NC2CCCC2)cc1. The molecule has 1 aromatic carbocycles. The van der Waals surface area contributed by atoms with Crippen LogP contribution in [0.4, 0.5) is 5.13 Å². The van der Waals surface area contributed by atoms with Gasteiger partial charge >= 0.3 is 0 Å². The molecule has 1 fully saturated rings. The molecular formula is C14H17N3O4S3. The summed E-state index contributed by atoms with van der Waals surface area (Å²) in [4.78, 5) is 3.91. The normalized spacial score (nSPS) is 16.3. The first kappa shape index (κ1) is 17.3. The molecule has 0 radical (unpaired) electrons. The van der Waals surface area contributed by atoms with Gasteiger partial charge in [-0.05, 0) is 37.1 Å². The molecule has 1 aromatic heterocycles. The largest absolute Gasteiger partial charge is 0.263 e. The number of nitrogens with one attached hydrogen (secondary N) is 2. The highest BCUT2D eigenvalue weighted by atomic mass is 32.2. The molecule has 130 valence electrons. The van der Waals surface area contributed by atoms with Gasteiger partial charge in [0.1, 0.15) is 0 Å². The van der Waals surface area contributed by atoms with Crippen LogP contribution in [0.2, 0.25) is 0 Å². The quantitative estimate of drug-likeness (QED) is 0.790. The fraction of sp³-hybridized carbons (Fsp3) is 0.357. The summed E-state index contributed by atoms with van der Waals surface area (Å²) >= 11 is 1.16. The maximum absolute atomic E-state index is 12.3. The molecular weight excluding hydrogens is 370 g/mol. The van der Waals surface area contributed by atoms with Crippen molar-refractivity contribution in [3.8, 4) is 0 Å². The van der Waals surface area contributed by atoms with Gasteiger partial charge in [-0.15, -0.1) is 11.3 Å². The van der Waals surface area contributed by atoms with E-state index in [4.69, 9.17) is 0 Å². The van der Waals surface area contributed by atoms with Crippen molar-refractivity contribution in [2.45, 2.75) is 41.5 Å². The van der Waals surface area contributed by atoms with Crippen LogP contribution >= 0.6 is 11.3 Å². The fourth-order valence-corrected chi connectivity index (χ4v) is 5.67. The van der Waals surface area contributed by atoms with Gasteiger partial charge in [-0.2, -0.15) is 0 Å². The Labute approximate surface area is 145 Å². The van der Waals surface area contributed by atoms with Crippen molar-refractivity contribution < 1.29 is 16.8 Å². The lowest BCUT2D eigenvalue weighted by molar-refractivity contribution is 0.552. The topological polar surface area (TPSA) is 105 Å². The summed E-state index contributed by atoms with van der Waals surface area (Å²) in [6, 6.07) is 5.12. The minimum absolute atomic E-state index is 0.0162. The van der Waals surface area contributed by atoms with Crippen molar-refractivity contribution >= 4 is 36.5 Å². The van der Waals surface area contributed by atoms with E-state index in [0.717, 1.165) is 37.0 Å². The van der Waals surface area contributed by atoms with Crippen LogP contribution in [0.15, 0.2) is 45.6 Å². The van der Waals surface area contributed by atoms with Crippen LogP contribution in [-0.2, 0) is 20.0 Å². The van der Waals surface area contributed by atoms with Crippen LogP contribution in [0.25, 0.3) is 0 Å². The van der Waals surface area contributed by atoms with E-state index in [2.05, 4.69) is 14.4 Å². The highest BCUT2D eigenvalue weighted by Gasteiger charge is 2.23. The molecule has 1 heterocycles. The molecule has 1 aliphatic carbocycles. The molecule has 0 bridgehead atoms. The predicted molar refractivity (Wildman–Crippen MR) is 91.9 cm³/mol. The molecule has 0 aliphatic heterocycles. The van der Waals surface area contributed by atoms with E-state index < -0.39 is 20.0 Å². The summed E-state index contributed by atoms with van der Waals surface area (Å²) in [7, 11) is -7.42. The molecule has 1 saturated carbocycles. The van der Waals surface area contributed by atoms with Gasteiger partial charge in [0, 0.05) is 17.6 Å². The summed E-state index contributed by atoms with van der Waals surface area (Å²) in [5.74, 6) is 0. The second-order valence-electron chi connectivity index (χ2n) is 5.52. The third-order valence-corrected chi connectivity index (χ3v) is 7.48. The zero-order chi connectivity index (χ0) is 17.2. The number of aromatic nitrogens is 1. The average Bonchev–Trinajstić information content (AvgIpc) is 3.20. The second kappa shape index (κ2) is 6.79. The summed E-state index contributed by atoms with van der Waals surface area (Å²) in [6.07, 6.45) is 5.21. The monoisotopic (exact) mass is 387 g/mol. The third kappa shape index (κ3) is 3.94. The Hall–Kier alpha value is -1.49. The van der Waals surface area contributed by atoms with Crippen molar-refractivity contribution in [2.24, 2.45) is 0 Å². The number of sulfonamides is 2. The van der Waals surface area contributed by atoms with Crippen molar-refractivity contribution in [3.05, 3.63) is 35.8 Å². The summed E-state index contributed by atoms with van der Waals surface area (Å²) in [5.41, 5.74) is 0. The molecule has 2 N–H and O–H groups in total. The van der Waals surface area contributed by atoms with Crippen molar-refractivity contribution in [1.82, 2.24) is 9.71 Å². The standard InChI is InChI=1S/C14H17N3O4S3/c18-23(19,16-11-3-1-2-4-11)12-5-7-13(8-6-12)24(20,21)17-14-15-9-10-22-14/h5-11,16H,1-4H2,(H,15,17). The van der Waals surface area contributed by atoms with E-state index in [0.29, 0.717) is 0 Å². The minimum atomic E-state index is -3.79. The van der Waals surface area contributed by atoms with Gasteiger partial charge in [-0.1, -0.05) is 12.8 Å². The Bertz CT molecular complexity index is 885. The van der Waals surface area contributed by atoms with Crippen molar-refractivity contribution in [1.29, 1.82) is 0 Å². The number of rotatable bonds is 6. The lowest BCUT2D eigenvalue weighted by Crippen LogP contribution is -2.32. The smallest absolute Gasteiger partial charge is 0.255 e. The number of thiazole rings is 1. The summed E-state index contributed by atoms with van der Waals surface area (Å²) < 4.78 is 54.1. The van der Waals surface area contributed by atoms with Gasteiger partial charge in [0.05, 0.1) is 9.79 Å². The Balaban J connectivity index is 1.77. The maximum atomic E-state index is 12.3. The number of benzene rings is 1. The third-order valence-electron chi connectivity index (χ3n) is 3.78. The van der Waals surface area contributed by atoms with Gasteiger partial charge in [0.15, 0.2) is 5.13 Å². The van der Waals surface area contributed by atoms with Crippen molar-refractivity contribution in [2.75, 3.05) is 4.72 Å². The van der Waals surface area contributed by atoms with Crippen LogP contribution in [0.5, 0.6) is 0 Å². The first-order chi connectivity index (χ1) is 11.4. The Morgan fingerprint density at radius 1 is 0.958 bits per heavy atom. The van der Waals surface area contributed by atoms with Crippen LogP contribution in [0.3, 0.4) is 0 Å². The molecule has 10 heteroatoms. The molecule has 2 aromatic rings. The average molecular weight is 388 g/mol. The first-order valence-electron chi connectivity index (χ1n) is 7.41. The van der Waals surface area contributed by atoms with E-state index in [1.165, 1.54) is 30.5 Å². The molecule has 7 nitrogen and oxygen atoms in total. The van der Waals surface area contributed by atoms with Crippen LogP contribution < -0.4 is 9.44 Å². The zero-order valence-corrected chi connectivity index (χ0v) is 15.1. The Morgan fingerprint density at radius 2 is 1.54 bits per heavy atom. The van der Waals surface area contributed by atoms with Crippen molar-refractivity contribution in [3.63, 3.8) is 0 Å². The van der Waals surface area contributed by atoms with Gasteiger partial charge in [-0.3, -0.25) is 4.72 Å². The van der Waals surface area contributed by atoms with E-state index >= 15 is 0 Å². The van der Waals surface area contributed by atoms with Crippen LogP contribution in [-0.4, -0.2) is 27.9 Å². The Morgan fingerprint density at radius 3 is 2.08 bits per heavy atom. The molecule has 0 amide bonds. The van der Waals surface area contributed by atoms with E-state index in [9.17, 15) is 16.8 Å². The highest BCUT2D eigenvalue weighted by molar-refractivity contribution is 7.93. The lowest BCUT2D eigenvalue weighted by Gasteiger charge is -2.13. The lowest BCUT2D eigenvalue weighted by atomic mass is 10.3. The van der Waals surface area contributed by atoms with E-state index in [1.54, 1.807) is 5.38 Å². The minimum Gasteiger partial charge on any atom is -0.255 e. The first-order valence-corrected chi connectivity index (χ1v) is 11.3. The molecule has 0 unspecified atom stereocenters. The predicted octanol–water partition coefficient (Wildman–Crippen LogP) is 2.16. The Kier molecular flexibility index (Phi) is 4.90. The summed E-state index contributed by atoms with van der Waals surface area (Å²) in [5, 5.41) is 1.91. The molecule has 1 aliphatic rings. The maximum Gasteiger partial charge on any atom is 0.263 e. The summed E-state index contributed by atoms with van der Waals surface area (Å²) in [6.45, 7) is 0. The number of anilines is 1. The highest BCUT2D eigenvalue weighted by Crippen LogP contribution is 2.22. The van der Waals surface area contributed by atoms with Gasteiger partial charge in [0.25, 0.3) is 10.0 Å². The second-order valence-corrected chi connectivity index (χ2v) is 9.81. The number of hydrogen-bond acceptors (Lipinski definition) is 6. The number of hydrogen-bond donors (Lipinski definition) is 2. The van der Waals surface area contributed by atoms with E-state index in [1.807, 2.05) is 0 Å². The fourth-order valence-electron chi connectivity index (χ4n) is 2.58. The molecule has 24 heavy (non-hydrogen) atoms. The molecule has 0 atom stereocenters. The number of nitrogens with zero attached hydrogens (tertiary/aromatic N) is 1. The van der Waals surface area contributed by atoms with Crippen LogP contribution in [0.1, 0.15) is 25.7 Å². The van der Waals surface area contributed by atoms with Gasteiger partial charge < -0.3 is 0 Å². The molecule has 0 saturated heterocycles. The van der Waals surface area contributed by atoms with Crippen LogP contribution in [0, 0.1) is 0 Å². The molecule has 0 spiro atoms. The van der Waals surface area contributed by atoms with E-state index in [-0.39, 0.29) is 21.0 Å².